The zero-order valence-electron chi connectivity index (χ0n) is 30.1. The van der Waals surface area contributed by atoms with Crippen molar-refractivity contribution in [2.75, 3.05) is 50.8 Å². The van der Waals surface area contributed by atoms with E-state index in [0.29, 0.717) is 24.5 Å². The minimum atomic E-state index is -0.745. The molecule has 3 heterocycles. The van der Waals surface area contributed by atoms with Gasteiger partial charge in [0.05, 0.1) is 18.7 Å². The first-order valence-electron chi connectivity index (χ1n) is 19.1. The van der Waals surface area contributed by atoms with Crippen LogP contribution in [0.15, 0.2) is 64.8 Å². The average molecular weight is 704 g/mol. The summed E-state index contributed by atoms with van der Waals surface area (Å²) in [5.74, 6) is 0.697. The molecule has 0 spiro atoms. The first-order chi connectivity index (χ1) is 24.6. The van der Waals surface area contributed by atoms with Crippen LogP contribution in [-0.2, 0) is 16.2 Å². The first-order valence-corrected chi connectivity index (χ1v) is 20.0. The summed E-state index contributed by atoms with van der Waals surface area (Å²) in [5.41, 5.74) is 1.78. The molecule has 1 saturated heterocycles. The normalized spacial score (nSPS) is 13.7. The van der Waals surface area contributed by atoms with E-state index in [1.54, 1.807) is 17.4 Å². The lowest BCUT2D eigenvalue weighted by atomic mass is 10.1. The van der Waals surface area contributed by atoms with Gasteiger partial charge in [-0.25, -0.2) is 4.79 Å². The number of anilines is 1. The summed E-state index contributed by atoms with van der Waals surface area (Å²) < 4.78 is 19.5. The van der Waals surface area contributed by atoms with Crippen LogP contribution >= 0.6 is 11.3 Å². The molecule has 0 amide bonds. The van der Waals surface area contributed by atoms with E-state index < -0.39 is 6.16 Å². The number of hydrogen-bond donors (Lipinski definition) is 0. The second kappa shape index (κ2) is 21.0. The molecule has 2 aromatic carbocycles. The minimum Gasteiger partial charge on any atom is -0.494 e. The Morgan fingerprint density at radius 3 is 2.20 bits per heavy atom. The largest absolute Gasteiger partial charge is 0.510 e. The van der Waals surface area contributed by atoms with E-state index in [1.165, 1.54) is 84.2 Å². The summed E-state index contributed by atoms with van der Waals surface area (Å²) in [5, 5.41) is 4.42. The Hall–Kier alpha value is -3.56. The molecule has 0 unspecified atom stereocenters. The molecule has 2 aromatic heterocycles. The van der Waals surface area contributed by atoms with Crippen molar-refractivity contribution < 1.29 is 19.0 Å². The minimum absolute atomic E-state index is 0.202. The Morgan fingerprint density at radius 2 is 1.44 bits per heavy atom. The van der Waals surface area contributed by atoms with E-state index in [0.717, 1.165) is 70.2 Å². The number of pyridine rings is 1. The molecule has 0 radical (unpaired) electrons. The number of nitrogens with zero attached hydrogens (tertiary/aromatic N) is 3. The van der Waals surface area contributed by atoms with Crippen LogP contribution < -0.4 is 15.2 Å². The van der Waals surface area contributed by atoms with Crippen LogP contribution in [0.1, 0.15) is 96.8 Å². The topological polar surface area (TPSA) is 73.2 Å². The predicted octanol–water partition coefficient (Wildman–Crippen LogP) is 10.0. The molecule has 4 aromatic rings. The molecule has 1 aliphatic heterocycles. The molecule has 272 valence electrons. The van der Waals surface area contributed by atoms with Crippen LogP contribution in [0, 0.1) is 0 Å². The van der Waals surface area contributed by atoms with Gasteiger partial charge < -0.3 is 19.1 Å². The molecule has 0 aliphatic carbocycles. The zero-order valence-corrected chi connectivity index (χ0v) is 30.9. The molecule has 0 N–H and O–H groups in total. The summed E-state index contributed by atoms with van der Waals surface area (Å²) in [6.45, 7) is 8.28. The second-order valence-corrected chi connectivity index (χ2v) is 14.5. The Morgan fingerprint density at radius 1 is 0.740 bits per heavy atom. The van der Waals surface area contributed by atoms with Crippen molar-refractivity contribution in [3.05, 3.63) is 70.3 Å². The number of carbonyl (C=O) groups excluding carboxylic acids is 1. The van der Waals surface area contributed by atoms with Crippen molar-refractivity contribution in [1.29, 1.82) is 0 Å². The van der Waals surface area contributed by atoms with Crippen molar-refractivity contribution >= 4 is 44.2 Å². The average Bonchev–Trinajstić information content (AvgIpc) is 3.63. The Kier molecular flexibility index (Phi) is 15.8. The highest BCUT2D eigenvalue weighted by Crippen LogP contribution is 2.31. The Labute approximate surface area is 302 Å². The van der Waals surface area contributed by atoms with E-state index in [4.69, 9.17) is 14.2 Å². The summed E-state index contributed by atoms with van der Waals surface area (Å²) in [7, 11) is 0. The van der Waals surface area contributed by atoms with E-state index >= 15 is 0 Å². The fraction of sp³-hybridized carbons (Fsp3) is 0.561. The van der Waals surface area contributed by atoms with Crippen LogP contribution in [0.3, 0.4) is 0 Å². The number of hydrogen-bond acceptors (Lipinski definition) is 8. The number of fused-ring (bicyclic) bond motifs is 2. The van der Waals surface area contributed by atoms with Gasteiger partial charge in [0.15, 0.2) is 6.73 Å². The number of rotatable bonds is 22. The fourth-order valence-electron chi connectivity index (χ4n) is 6.84. The molecular weight excluding hydrogens is 647 g/mol. The maximum atomic E-state index is 12.7. The number of benzene rings is 2. The smallest absolute Gasteiger partial charge is 0.494 e. The summed E-state index contributed by atoms with van der Waals surface area (Å²) in [6.07, 6.45) is 16.3. The Balaban J connectivity index is 0.951. The highest BCUT2D eigenvalue weighted by Gasteiger charge is 2.18. The summed E-state index contributed by atoms with van der Waals surface area (Å²) >= 11 is 1.81. The lowest BCUT2D eigenvalue weighted by molar-refractivity contribution is 0.0331. The summed E-state index contributed by atoms with van der Waals surface area (Å²) in [6, 6.07) is 17.8. The maximum absolute atomic E-state index is 12.7. The zero-order chi connectivity index (χ0) is 34.8. The van der Waals surface area contributed by atoms with Crippen molar-refractivity contribution in [3.8, 4) is 5.75 Å². The third-order valence-corrected chi connectivity index (χ3v) is 10.7. The van der Waals surface area contributed by atoms with Crippen molar-refractivity contribution in [2.24, 2.45) is 0 Å². The van der Waals surface area contributed by atoms with Crippen LogP contribution in [-0.4, -0.2) is 61.6 Å². The Bertz CT molecular complexity index is 1640. The molecule has 5 rings (SSSR count). The van der Waals surface area contributed by atoms with Gasteiger partial charge in [-0.05, 0) is 73.0 Å². The standard InChI is InChI=1S/C41H57N3O5S/c1-2-3-4-5-6-7-8-9-10-11-12-14-30-48-41(46)49-33-44-38-32-35(21-19-34(38)20-22-40(44)45)47-29-15-13-24-42-25-27-43(28-26-42)37-17-16-18-39-36(37)23-31-50-39/h16-23,31-32H,2-15,24-30,33H2,1H3. The van der Waals surface area contributed by atoms with Crippen molar-refractivity contribution in [2.45, 2.75) is 104 Å². The molecule has 1 aliphatic rings. The molecular formula is C41H57N3O5S. The van der Waals surface area contributed by atoms with Gasteiger partial charge in [0, 0.05) is 54.1 Å². The van der Waals surface area contributed by atoms with Gasteiger partial charge >= 0.3 is 6.16 Å². The van der Waals surface area contributed by atoms with Gasteiger partial charge in [-0.15, -0.1) is 11.3 Å². The molecule has 50 heavy (non-hydrogen) atoms. The van der Waals surface area contributed by atoms with Crippen LogP contribution in [0.25, 0.3) is 21.0 Å². The first kappa shape index (κ1) is 37.7. The van der Waals surface area contributed by atoms with Gasteiger partial charge in [-0.3, -0.25) is 14.3 Å². The highest BCUT2D eigenvalue weighted by molar-refractivity contribution is 7.17. The van der Waals surface area contributed by atoms with Crippen molar-refractivity contribution in [1.82, 2.24) is 9.47 Å². The van der Waals surface area contributed by atoms with E-state index in [-0.39, 0.29) is 12.3 Å². The van der Waals surface area contributed by atoms with E-state index in [1.807, 2.05) is 18.2 Å². The molecule has 0 atom stereocenters. The van der Waals surface area contributed by atoms with Gasteiger partial charge in [0.25, 0.3) is 5.56 Å². The van der Waals surface area contributed by atoms with E-state index in [2.05, 4.69) is 46.4 Å². The SMILES string of the molecule is CCCCCCCCCCCCCCOC(=O)OCn1c(=O)ccc2ccc(OCCCCN3CCN(c4cccc5sccc45)CC3)cc21. The van der Waals surface area contributed by atoms with Crippen molar-refractivity contribution in [3.63, 3.8) is 0 Å². The van der Waals surface area contributed by atoms with Gasteiger partial charge in [0.2, 0.25) is 0 Å². The third-order valence-electron chi connectivity index (χ3n) is 9.82. The number of ether oxygens (including phenoxy) is 3. The number of piperazine rings is 1. The van der Waals surface area contributed by atoms with Crippen LogP contribution in [0.5, 0.6) is 5.75 Å². The van der Waals surface area contributed by atoms with E-state index in [9.17, 15) is 9.59 Å². The third kappa shape index (κ3) is 11.8. The maximum Gasteiger partial charge on any atom is 0.510 e. The molecule has 8 nitrogen and oxygen atoms in total. The van der Waals surface area contributed by atoms with Crippen LogP contribution in [0.4, 0.5) is 10.5 Å². The lowest BCUT2D eigenvalue weighted by Gasteiger charge is -2.36. The number of unbranched alkanes of at least 4 members (excludes halogenated alkanes) is 12. The molecule has 9 heteroatoms. The number of aromatic nitrogens is 1. The number of carbonyl (C=O) groups is 1. The second-order valence-electron chi connectivity index (χ2n) is 13.6. The fourth-order valence-corrected chi connectivity index (χ4v) is 7.65. The molecule has 0 bridgehead atoms. The summed E-state index contributed by atoms with van der Waals surface area (Å²) in [4.78, 5) is 30.1. The predicted molar refractivity (Wildman–Crippen MR) is 207 cm³/mol. The quantitative estimate of drug-likeness (QED) is 0.0596. The molecule has 0 saturated carbocycles. The van der Waals surface area contributed by atoms with Gasteiger partial charge in [-0.2, -0.15) is 0 Å². The number of thiophene rings is 1. The monoisotopic (exact) mass is 703 g/mol. The lowest BCUT2D eigenvalue weighted by Crippen LogP contribution is -2.46. The van der Waals surface area contributed by atoms with Crippen LogP contribution in [0.2, 0.25) is 0 Å². The molecule has 1 fully saturated rings. The highest BCUT2D eigenvalue weighted by atomic mass is 32.1. The van der Waals surface area contributed by atoms with Gasteiger partial charge in [-0.1, -0.05) is 83.6 Å². The van der Waals surface area contributed by atoms with Gasteiger partial charge in [0.1, 0.15) is 5.75 Å².